The number of anilines is 1. The minimum atomic E-state index is -4.94. The molecule has 0 unspecified atom stereocenters. The van der Waals surface area contributed by atoms with Gasteiger partial charge >= 0.3 is 11.9 Å². The number of hydrogen-bond donors (Lipinski definition) is 2. The van der Waals surface area contributed by atoms with Crippen LogP contribution in [0.5, 0.6) is 0 Å². The molecule has 0 fully saturated rings. The normalized spacial score (nSPS) is 12.9. The lowest BCUT2D eigenvalue weighted by atomic mass is 9.96. The lowest BCUT2D eigenvalue weighted by molar-refractivity contribution is -0.207. The number of halogens is 4. The van der Waals surface area contributed by atoms with Gasteiger partial charge in [-0.25, -0.2) is 24.1 Å². The highest BCUT2D eigenvalue weighted by Crippen LogP contribution is 2.24. The number of aromatic nitrogens is 7. The van der Waals surface area contributed by atoms with Gasteiger partial charge in [0, 0.05) is 22.2 Å². The molecular weight excluding hydrogens is 541 g/mol. The van der Waals surface area contributed by atoms with E-state index >= 15 is 0 Å². The number of benzene rings is 1. The zero-order chi connectivity index (χ0) is 28.5. The van der Waals surface area contributed by atoms with E-state index in [1.54, 1.807) is 32.9 Å². The van der Waals surface area contributed by atoms with Gasteiger partial charge < -0.3 is 10.4 Å². The molecule has 3 aromatic heterocycles. The molecule has 4 aromatic rings. The van der Waals surface area contributed by atoms with E-state index in [4.69, 9.17) is 11.6 Å². The van der Waals surface area contributed by atoms with Crippen LogP contribution in [-0.4, -0.2) is 57.4 Å². The monoisotopic (exact) mass is 564 g/mol. The van der Waals surface area contributed by atoms with E-state index in [1.807, 2.05) is 0 Å². The minimum absolute atomic E-state index is 0.0983. The minimum Gasteiger partial charge on any atom is -0.382 e. The van der Waals surface area contributed by atoms with E-state index in [0.29, 0.717) is 16.3 Å². The molecule has 2 N–H and O–H groups in total. The third-order valence-corrected chi connectivity index (χ3v) is 5.79. The fraction of sp³-hybridized carbons (Fsp3) is 0.333. The SMILES string of the molecule is CC(C)(C)C(=O)Nc1ncccc1-n1cnc(Cn2nc(-c3ccc(Cl)cc3)n(C[C@H](O)C(F)(F)F)c2=O)n1. The largest absolute Gasteiger partial charge is 0.416 e. The van der Waals surface area contributed by atoms with Crippen molar-refractivity contribution < 1.29 is 23.1 Å². The van der Waals surface area contributed by atoms with Gasteiger partial charge in [0.25, 0.3) is 0 Å². The van der Waals surface area contributed by atoms with Gasteiger partial charge in [-0.2, -0.15) is 13.2 Å². The summed E-state index contributed by atoms with van der Waals surface area (Å²) < 4.78 is 42.2. The maximum absolute atomic E-state index is 13.1. The van der Waals surface area contributed by atoms with Gasteiger partial charge in [0.05, 0.1) is 6.54 Å². The van der Waals surface area contributed by atoms with E-state index in [-0.39, 0.29) is 29.9 Å². The summed E-state index contributed by atoms with van der Waals surface area (Å²) in [5, 5.41) is 21.3. The number of nitrogens with zero attached hydrogens (tertiary/aromatic N) is 7. The highest BCUT2D eigenvalue weighted by Gasteiger charge is 2.39. The molecule has 0 spiro atoms. The summed E-state index contributed by atoms with van der Waals surface area (Å²) in [6.45, 7) is 3.91. The molecule has 0 aliphatic heterocycles. The van der Waals surface area contributed by atoms with Crippen molar-refractivity contribution in [2.75, 3.05) is 5.32 Å². The smallest absolute Gasteiger partial charge is 0.382 e. The van der Waals surface area contributed by atoms with E-state index in [0.717, 1.165) is 9.25 Å². The Labute approximate surface area is 224 Å². The van der Waals surface area contributed by atoms with Crippen molar-refractivity contribution in [2.24, 2.45) is 5.41 Å². The summed E-state index contributed by atoms with van der Waals surface area (Å²) in [4.78, 5) is 33.9. The number of nitrogens with one attached hydrogen (secondary N) is 1. The second-order valence-corrected chi connectivity index (χ2v) is 10.1. The van der Waals surface area contributed by atoms with Crippen LogP contribution >= 0.6 is 11.6 Å². The zero-order valence-corrected chi connectivity index (χ0v) is 21.8. The standard InChI is InChI=1S/C24H24ClF3N8O3/c1-23(2,3)21(38)31-19-16(5-4-10-29-19)36-13-30-18(32-36)12-35-22(39)34(11-17(37)24(26,27)28)20(33-35)14-6-8-15(25)9-7-14/h4-10,13,17,37H,11-12H2,1-3H3,(H,29,31,38)/t17-/m0/s1. The van der Waals surface area contributed by atoms with Crippen molar-refractivity contribution in [3.8, 4) is 17.1 Å². The van der Waals surface area contributed by atoms with Gasteiger partial charge in [-0.05, 0) is 36.4 Å². The van der Waals surface area contributed by atoms with E-state index in [2.05, 4.69) is 25.5 Å². The summed E-state index contributed by atoms with van der Waals surface area (Å²) in [6, 6.07) is 9.28. The number of carbonyl (C=O) groups is 1. The molecule has 0 saturated carbocycles. The van der Waals surface area contributed by atoms with Crippen molar-refractivity contribution in [3.05, 3.63) is 70.3 Å². The van der Waals surface area contributed by atoms with Gasteiger partial charge in [0.15, 0.2) is 23.6 Å². The average molecular weight is 565 g/mol. The topological polar surface area (TPSA) is 133 Å². The van der Waals surface area contributed by atoms with Crippen LogP contribution in [0.15, 0.2) is 53.7 Å². The predicted molar refractivity (Wildman–Crippen MR) is 135 cm³/mol. The molecule has 39 heavy (non-hydrogen) atoms. The Balaban J connectivity index is 1.67. The van der Waals surface area contributed by atoms with Crippen molar-refractivity contribution in [3.63, 3.8) is 0 Å². The summed E-state index contributed by atoms with van der Waals surface area (Å²) >= 11 is 5.91. The fourth-order valence-corrected chi connectivity index (χ4v) is 3.52. The molecule has 15 heteroatoms. The van der Waals surface area contributed by atoms with Gasteiger partial charge in [-0.1, -0.05) is 32.4 Å². The first-order valence-corrected chi connectivity index (χ1v) is 12.0. The van der Waals surface area contributed by atoms with Crippen LogP contribution in [0.3, 0.4) is 0 Å². The Bertz CT molecular complexity index is 1540. The maximum Gasteiger partial charge on any atom is 0.416 e. The number of pyridine rings is 1. The van der Waals surface area contributed by atoms with Crippen molar-refractivity contribution in [1.29, 1.82) is 0 Å². The molecule has 1 atom stereocenters. The third-order valence-electron chi connectivity index (χ3n) is 5.54. The Morgan fingerprint density at radius 2 is 1.79 bits per heavy atom. The van der Waals surface area contributed by atoms with Gasteiger partial charge in [0.1, 0.15) is 18.6 Å². The first-order valence-electron chi connectivity index (χ1n) is 11.6. The zero-order valence-electron chi connectivity index (χ0n) is 21.0. The van der Waals surface area contributed by atoms with Gasteiger partial charge in [-0.3, -0.25) is 9.36 Å². The molecule has 3 heterocycles. The van der Waals surface area contributed by atoms with Crippen molar-refractivity contribution in [2.45, 2.75) is 46.1 Å². The van der Waals surface area contributed by atoms with Crippen LogP contribution in [0.4, 0.5) is 19.0 Å². The third kappa shape index (κ3) is 6.34. The van der Waals surface area contributed by atoms with Crippen LogP contribution in [0, 0.1) is 5.41 Å². The average Bonchev–Trinajstić information content (AvgIpc) is 3.44. The van der Waals surface area contributed by atoms with Crippen LogP contribution in [-0.2, 0) is 17.9 Å². The van der Waals surface area contributed by atoms with Crippen LogP contribution in [0.25, 0.3) is 17.1 Å². The maximum atomic E-state index is 13.1. The number of amides is 1. The lowest BCUT2D eigenvalue weighted by Crippen LogP contribution is -2.37. The molecule has 0 aliphatic rings. The summed E-state index contributed by atoms with van der Waals surface area (Å²) in [6.07, 6.45) is -4.89. The number of aliphatic hydroxyl groups is 1. The molecule has 0 radical (unpaired) electrons. The Morgan fingerprint density at radius 3 is 2.44 bits per heavy atom. The first-order chi connectivity index (χ1) is 18.2. The first kappa shape index (κ1) is 28.0. The van der Waals surface area contributed by atoms with E-state index in [1.165, 1.54) is 41.5 Å². The van der Waals surface area contributed by atoms with Crippen LogP contribution < -0.4 is 11.0 Å². The summed E-state index contributed by atoms with van der Waals surface area (Å²) in [5.74, 6) is -0.0197. The van der Waals surface area contributed by atoms with E-state index < -0.39 is 29.9 Å². The number of aliphatic hydroxyl groups excluding tert-OH is 1. The molecule has 0 aliphatic carbocycles. The molecule has 4 rings (SSSR count). The number of alkyl halides is 3. The highest BCUT2D eigenvalue weighted by atomic mass is 35.5. The second-order valence-electron chi connectivity index (χ2n) is 9.62. The van der Waals surface area contributed by atoms with Gasteiger partial charge in [-0.15, -0.1) is 10.2 Å². The lowest BCUT2D eigenvalue weighted by Gasteiger charge is -2.18. The molecule has 0 bridgehead atoms. The highest BCUT2D eigenvalue weighted by molar-refractivity contribution is 6.30. The molecule has 11 nitrogen and oxygen atoms in total. The molecule has 1 amide bonds. The van der Waals surface area contributed by atoms with Crippen LogP contribution in [0.2, 0.25) is 5.02 Å². The van der Waals surface area contributed by atoms with Crippen molar-refractivity contribution >= 4 is 23.3 Å². The molecule has 206 valence electrons. The Morgan fingerprint density at radius 1 is 1.10 bits per heavy atom. The molecule has 1 aromatic carbocycles. The van der Waals surface area contributed by atoms with Gasteiger partial charge in [0.2, 0.25) is 5.91 Å². The fourth-order valence-electron chi connectivity index (χ4n) is 3.39. The Hall–Kier alpha value is -4.04. The predicted octanol–water partition coefficient (Wildman–Crippen LogP) is 3.30. The number of carbonyl (C=O) groups excluding carboxylic acids is 1. The number of hydrogen-bond acceptors (Lipinski definition) is 7. The van der Waals surface area contributed by atoms with Crippen LogP contribution in [0.1, 0.15) is 26.6 Å². The number of rotatable bonds is 7. The summed E-state index contributed by atoms with van der Waals surface area (Å²) in [7, 11) is 0. The second kappa shape index (κ2) is 10.6. The summed E-state index contributed by atoms with van der Waals surface area (Å²) in [5.41, 5.74) is -0.859. The van der Waals surface area contributed by atoms with Crippen molar-refractivity contribution in [1.82, 2.24) is 34.1 Å². The molecular formula is C24H24ClF3N8O3. The molecule has 0 saturated heterocycles. The quantitative estimate of drug-likeness (QED) is 0.352. The Kier molecular flexibility index (Phi) is 7.61. The van der Waals surface area contributed by atoms with E-state index in [9.17, 15) is 27.9 Å².